The Labute approximate surface area is 160 Å². The van der Waals surface area contributed by atoms with Gasteiger partial charge in [0.1, 0.15) is 5.75 Å². The van der Waals surface area contributed by atoms with E-state index < -0.39 is 21.6 Å². The molecule has 134 valence electrons. The molecule has 1 heterocycles. The lowest BCUT2D eigenvalue weighted by Gasteiger charge is -2.07. The van der Waals surface area contributed by atoms with Crippen molar-refractivity contribution < 1.29 is 22.4 Å². The summed E-state index contributed by atoms with van der Waals surface area (Å²) in [7, 11) is -3.64. The summed E-state index contributed by atoms with van der Waals surface area (Å²) in [6.45, 7) is 0. The number of carbonyl (C=O) groups excluding carboxylic acids is 1. The molecule has 0 aliphatic carbocycles. The third-order valence-corrected chi connectivity index (χ3v) is 5.69. The predicted molar refractivity (Wildman–Crippen MR) is 97.5 cm³/mol. The summed E-state index contributed by atoms with van der Waals surface area (Å²) in [6, 6.07) is 13.7. The van der Waals surface area contributed by atoms with Gasteiger partial charge in [-0.25, -0.2) is 13.2 Å². The maximum absolute atomic E-state index is 12.5. The van der Waals surface area contributed by atoms with Gasteiger partial charge in [0.15, 0.2) is 9.84 Å². The maximum Gasteiger partial charge on any atom is 0.379 e. The van der Waals surface area contributed by atoms with Crippen molar-refractivity contribution in [2.45, 2.75) is 10.6 Å². The van der Waals surface area contributed by atoms with E-state index in [0.29, 0.717) is 5.02 Å². The number of esters is 1. The summed E-state index contributed by atoms with van der Waals surface area (Å²) >= 11 is 11.8. The molecule has 0 saturated carbocycles. The molecule has 1 aromatic heterocycles. The number of ether oxygens (including phenoxy) is 1. The highest BCUT2D eigenvalue weighted by molar-refractivity contribution is 7.90. The molecular formula is C18H12Cl2O5S. The van der Waals surface area contributed by atoms with Crippen LogP contribution in [0.15, 0.2) is 70.2 Å². The van der Waals surface area contributed by atoms with E-state index >= 15 is 0 Å². The van der Waals surface area contributed by atoms with Crippen molar-refractivity contribution in [3.8, 4) is 5.75 Å². The molecule has 2 aromatic carbocycles. The molecule has 0 fully saturated rings. The number of furan rings is 1. The van der Waals surface area contributed by atoms with E-state index in [2.05, 4.69) is 0 Å². The second kappa shape index (κ2) is 7.53. The minimum absolute atomic E-state index is 0.0920. The average Bonchev–Trinajstić information content (AvgIpc) is 3.05. The van der Waals surface area contributed by atoms with Gasteiger partial charge in [-0.3, -0.25) is 0 Å². The molecule has 0 saturated heterocycles. The Morgan fingerprint density at radius 3 is 2.46 bits per heavy atom. The van der Waals surface area contributed by atoms with E-state index in [9.17, 15) is 13.2 Å². The third-order valence-electron chi connectivity index (χ3n) is 3.48. The van der Waals surface area contributed by atoms with Gasteiger partial charge in [0, 0.05) is 10.6 Å². The van der Waals surface area contributed by atoms with Gasteiger partial charge >= 0.3 is 5.97 Å². The van der Waals surface area contributed by atoms with Crippen molar-refractivity contribution >= 4 is 39.0 Å². The number of sulfone groups is 1. The van der Waals surface area contributed by atoms with Crippen molar-refractivity contribution in [1.82, 2.24) is 0 Å². The van der Waals surface area contributed by atoms with Gasteiger partial charge < -0.3 is 9.15 Å². The fourth-order valence-corrected chi connectivity index (χ4v) is 4.07. The van der Waals surface area contributed by atoms with Crippen LogP contribution in [0.3, 0.4) is 0 Å². The maximum atomic E-state index is 12.5. The van der Waals surface area contributed by atoms with Crippen LogP contribution >= 0.6 is 23.2 Å². The summed E-state index contributed by atoms with van der Waals surface area (Å²) in [5.74, 6) is -1.35. The van der Waals surface area contributed by atoms with E-state index in [-0.39, 0.29) is 27.0 Å². The van der Waals surface area contributed by atoms with E-state index in [1.807, 2.05) is 0 Å². The number of benzene rings is 2. The van der Waals surface area contributed by atoms with Gasteiger partial charge in [-0.2, -0.15) is 0 Å². The van der Waals surface area contributed by atoms with Crippen LogP contribution in [-0.2, 0) is 15.6 Å². The molecule has 0 amide bonds. The van der Waals surface area contributed by atoms with Crippen LogP contribution in [0.2, 0.25) is 10.0 Å². The second-order valence-electron chi connectivity index (χ2n) is 5.31. The van der Waals surface area contributed by atoms with E-state index in [1.54, 1.807) is 18.2 Å². The minimum Gasteiger partial charge on any atom is -0.457 e. The summed E-state index contributed by atoms with van der Waals surface area (Å²) in [6.07, 6.45) is 1.23. The Balaban J connectivity index is 1.83. The van der Waals surface area contributed by atoms with Crippen molar-refractivity contribution in [3.05, 3.63) is 82.2 Å². The van der Waals surface area contributed by atoms with Gasteiger partial charge in [0.2, 0.25) is 5.76 Å². The monoisotopic (exact) mass is 410 g/mol. The molecule has 3 rings (SSSR count). The van der Waals surface area contributed by atoms with Crippen molar-refractivity contribution in [2.75, 3.05) is 0 Å². The Morgan fingerprint density at radius 1 is 1.04 bits per heavy atom. The van der Waals surface area contributed by atoms with Crippen LogP contribution in [0, 0.1) is 0 Å². The fourth-order valence-electron chi connectivity index (χ4n) is 2.25. The van der Waals surface area contributed by atoms with Gasteiger partial charge in [-0.05, 0) is 36.4 Å². The van der Waals surface area contributed by atoms with Crippen LogP contribution in [0.1, 0.15) is 16.1 Å². The normalized spacial score (nSPS) is 11.3. The van der Waals surface area contributed by atoms with Crippen LogP contribution in [-0.4, -0.2) is 14.4 Å². The first-order valence-electron chi connectivity index (χ1n) is 7.38. The molecule has 0 spiro atoms. The van der Waals surface area contributed by atoms with Crippen LogP contribution < -0.4 is 4.74 Å². The van der Waals surface area contributed by atoms with Crippen molar-refractivity contribution in [2.24, 2.45) is 0 Å². The Kier molecular flexibility index (Phi) is 5.36. The van der Waals surface area contributed by atoms with E-state index in [4.69, 9.17) is 32.4 Å². The Bertz CT molecular complexity index is 1040. The van der Waals surface area contributed by atoms with Gasteiger partial charge in [0.05, 0.1) is 21.9 Å². The SMILES string of the molecule is O=C(Oc1ccc(Cl)cc1Cl)c1occc1CS(=O)(=O)c1ccccc1. The van der Waals surface area contributed by atoms with Crippen LogP contribution in [0.25, 0.3) is 0 Å². The molecule has 26 heavy (non-hydrogen) atoms. The second-order valence-corrected chi connectivity index (χ2v) is 8.14. The molecule has 8 heteroatoms. The average molecular weight is 411 g/mol. The number of carbonyl (C=O) groups is 1. The summed E-state index contributed by atoms with van der Waals surface area (Å²) in [5, 5.41) is 0.540. The molecular weight excluding hydrogens is 399 g/mol. The van der Waals surface area contributed by atoms with Crippen molar-refractivity contribution in [3.63, 3.8) is 0 Å². The smallest absolute Gasteiger partial charge is 0.379 e. The Morgan fingerprint density at radius 2 is 1.77 bits per heavy atom. The molecule has 0 aliphatic rings. The van der Waals surface area contributed by atoms with Crippen LogP contribution in [0.4, 0.5) is 0 Å². The van der Waals surface area contributed by atoms with Gasteiger partial charge in [-0.1, -0.05) is 41.4 Å². The molecule has 0 N–H and O–H groups in total. The summed E-state index contributed by atoms with van der Waals surface area (Å²) in [4.78, 5) is 12.5. The van der Waals surface area contributed by atoms with Crippen molar-refractivity contribution in [1.29, 1.82) is 0 Å². The topological polar surface area (TPSA) is 73.6 Å². The number of hydrogen-bond donors (Lipinski definition) is 0. The zero-order valence-electron chi connectivity index (χ0n) is 13.2. The van der Waals surface area contributed by atoms with Gasteiger partial charge in [0.25, 0.3) is 0 Å². The zero-order valence-corrected chi connectivity index (χ0v) is 15.5. The highest BCUT2D eigenvalue weighted by Gasteiger charge is 2.24. The third kappa shape index (κ3) is 4.09. The highest BCUT2D eigenvalue weighted by atomic mass is 35.5. The summed E-state index contributed by atoms with van der Waals surface area (Å²) in [5.41, 5.74) is 0.198. The lowest BCUT2D eigenvalue weighted by Crippen LogP contribution is -2.12. The largest absolute Gasteiger partial charge is 0.457 e. The molecule has 3 aromatic rings. The predicted octanol–water partition coefficient (Wildman–Crippen LogP) is 4.78. The zero-order chi connectivity index (χ0) is 18.7. The minimum atomic E-state index is -3.64. The molecule has 0 bridgehead atoms. The first-order valence-corrected chi connectivity index (χ1v) is 9.79. The number of hydrogen-bond acceptors (Lipinski definition) is 5. The molecule has 0 aliphatic heterocycles. The first kappa shape index (κ1) is 18.5. The standard InChI is InChI=1S/C18H12Cl2O5S/c19-13-6-7-16(15(20)10-13)25-18(21)17-12(8-9-24-17)11-26(22,23)14-4-2-1-3-5-14/h1-10H,11H2. The Hall–Kier alpha value is -2.28. The number of rotatable bonds is 5. The van der Waals surface area contributed by atoms with Crippen LogP contribution in [0.5, 0.6) is 5.75 Å². The number of halogens is 2. The summed E-state index contributed by atoms with van der Waals surface area (Å²) < 4.78 is 35.3. The quantitative estimate of drug-likeness (QED) is 0.446. The molecule has 5 nitrogen and oxygen atoms in total. The highest BCUT2D eigenvalue weighted by Crippen LogP contribution is 2.29. The van der Waals surface area contributed by atoms with E-state index in [0.717, 1.165) is 0 Å². The first-order chi connectivity index (χ1) is 12.4. The molecule has 0 atom stereocenters. The lowest BCUT2D eigenvalue weighted by atomic mass is 10.3. The lowest BCUT2D eigenvalue weighted by molar-refractivity contribution is 0.0700. The molecule has 0 radical (unpaired) electrons. The van der Waals surface area contributed by atoms with E-state index in [1.165, 1.54) is 42.7 Å². The van der Waals surface area contributed by atoms with Gasteiger partial charge in [-0.15, -0.1) is 0 Å². The fraction of sp³-hybridized carbons (Fsp3) is 0.0556. The molecule has 0 unspecified atom stereocenters.